The number of carbonyl (C=O) groups is 2. The van der Waals surface area contributed by atoms with Gasteiger partial charge < -0.3 is 14.4 Å². The van der Waals surface area contributed by atoms with Crippen LogP contribution in [0.3, 0.4) is 0 Å². The smallest absolute Gasteiger partial charge is 0.307 e. The first kappa shape index (κ1) is 48.1. The molecule has 1 aromatic heterocycles. The summed E-state index contributed by atoms with van der Waals surface area (Å²) in [6.45, 7) is 12.4. The summed E-state index contributed by atoms with van der Waals surface area (Å²) >= 11 is 0. The number of hydrogen-bond donors (Lipinski definition) is 0. The molecule has 0 saturated heterocycles. The van der Waals surface area contributed by atoms with Gasteiger partial charge in [-0.05, 0) is 65.5 Å². The molecule has 8 heteroatoms. The first-order valence-corrected chi connectivity index (χ1v) is 22.1. The van der Waals surface area contributed by atoms with Gasteiger partial charge >= 0.3 is 11.9 Å². The first-order chi connectivity index (χ1) is 25.3. The normalized spacial score (nSPS) is 12.8. The number of likely N-dealkylation sites (N-methyl/N-ethyl adjacent to an activating group) is 1. The summed E-state index contributed by atoms with van der Waals surface area (Å²) in [6.07, 6.45) is 33.0. The summed E-state index contributed by atoms with van der Waals surface area (Å²) in [5, 5.41) is 4.58. The Bertz CT molecular complexity index is 918. The number of ether oxygens (including phenoxy) is 2. The van der Waals surface area contributed by atoms with Gasteiger partial charge in [0.2, 0.25) is 0 Å². The molecule has 1 aromatic rings. The molecule has 0 radical (unpaired) electrons. The summed E-state index contributed by atoms with van der Waals surface area (Å²) < 4.78 is 14.3. The van der Waals surface area contributed by atoms with Crippen LogP contribution in [0.1, 0.15) is 200 Å². The van der Waals surface area contributed by atoms with E-state index in [1.165, 1.54) is 103 Å². The Labute approximate surface area is 321 Å². The molecule has 0 N–H and O–H groups in total. The SMILES string of the molecule is CCCCCCCCC(CCCCCC)OC(=O)CCN(CCC(=O)OC(CCCCCC)CCCCCCCC)Cc1cnn(CCN(C)C)c1. The van der Waals surface area contributed by atoms with E-state index in [0.29, 0.717) is 32.5 Å². The third-order valence-corrected chi connectivity index (χ3v) is 10.2. The minimum absolute atomic E-state index is 0.00907. The lowest BCUT2D eigenvalue weighted by Crippen LogP contribution is -2.31. The summed E-state index contributed by atoms with van der Waals surface area (Å²) in [5.74, 6) is -0.237. The fraction of sp³-hybridized carbons (Fsp3) is 0.886. The predicted octanol–water partition coefficient (Wildman–Crippen LogP) is 11.3. The van der Waals surface area contributed by atoms with Crippen LogP contribution in [0.15, 0.2) is 12.4 Å². The second kappa shape index (κ2) is 33.6. The molecular formula is C44H84N4O4. The Morgan fingerprint density at radius 2 is 0.981 bits per heavy atom. The highest BCUT2D eigenvalue weighted by atomic mass is 16.5. The number of hydrogen-bond acceptors (Lipinski definition) is 7. The van der Waals surface area contributed by atoms with Crippen LogP contribution in [-0.4, -0.2) is 77.5 Å². The Morgan fingerprint density at radius 3 is 1.38 bits per heavy atom. The summed E-state index contributed by atoms with van der Waals surface area (Å²) in [4.78, 5) is 30.9. The molecule has 0 aliphatic carbocycles. The molecule has 0 fully saturated rings. The zero-order valence-electron chi connectivity index (χ0n) is 35.2. The summed E-state index contributed by atoms with van der Waals surface area (Å²) in [7, 11) is 4.13. The van der Waals surface area contributed by atoms with Gasteiger partial charge in [-0.15, -0.1) is 0 Å². The van der Waals surface area contributed by atoms with E-state index in [9.17, 15) is 9.59 Å². The Balaban J connectivity index is 2.83. The quantitative estimate of drug-likeness (QED) is 0.0498. The maximum atomic E-state index is 13.3. The average Bonchev–Trinajstić information content (AvgIpc) is 3.58. The lowest BCUT2D eigenvalue weighted by Gasteiger charge is -2.23. The van der Waals surface area contributed by atoms with E-state index in [1.54, 1.807) is 0 Å². The van der Waals surface area contributed by atoms with Crippen molar-refractivity contribution in [3.63, 3.8) is 0 Å². The van der Waals surface area contributed by atoms with Crippen LogP contribution in [0.2, 0.25) is 0 Å². The highest BCUT2D eigenvalue weighted by Crippen LogP contribution is 2.19. The topological polar surface area (TPSA) is 76.9 Å². The number of rotatable bonds is 37. The van der Waals surface area contributed by atoms with Crippen molar-refractivity contribution >= 4 is 11.9 Å². The molecule has 0 amide bonds. The molecule has 2 atom stereocenters. The molecule has 0 aliphatic heterocycles. The van der Waals surface area contributed by atoms with Crippen molar-refractivity contribution in [2.45, 2.75) is 220 Å². The van der Waals surface area contributed by atoms with E-state index in [4.69, 9.17) is 9.47 Å². The zero-order chi connectivity index (χ0) is 38.1. The monoisotopic (exact) mass is 733 g/mol. The van der Waals surface area contributed by atoms with Crippen molar-refractivity contribution in [3.05, 3.63) is 18.0 Å². The molecule has 1 rings (SSSR count). The van der Waals surface area contributed by atoms with Gasteiger partial charge in [0.15, 0.2) is 0 Å². The third kappa shape index (κ3) is 27.6. The van der Waals surface area contributed by atoms with Gasteiger partial charge in [-0.3, -0.25) is 19.2 Å². The summed E-state index contributed by atoms with van der Waals surface area (Å²) in [5.41, 5.74) is 1.09. The molecule has 2 unspecified atom stereocenters. The molecule has 8 nitrogen and oxygen atoms in total. The standard InChI is InChI=1S/C44H84N4O4/c1-7-11-15-19-21-25-29-41(27-23-17-13-9-3)51-43(49)31-33-47(38-40-37-45-48(39-40)36-35-46(5)6)34-32-44(50)52-42(28-24-18-14-10-4)30-26-22-20-16-12-8-2/h37,39,41-42H,7-36,38H2,1-6H3. The molecule has 304 valence electrons. The summed E-state index contributed by atoms with van der Waals surface area (Å²) in [6, 6.07) is 0. The third-order valence-electron chi connectivity index (χ3n) is 10.2. The number of esters is 2. The highest BCUT2D eigenvalue weighted by Gasteiger charge is 2.19. The first-order valence-electron chi connectivity index (χ1n) is 22.1. The highest BCUT2D eigenvalue weighted by molar-refractivity contribution is 5.70. The van der Waals surface area contributed by atoms with Gasteiger partial charge in [0.05, 0.1) is 25.6 Å². The van der Waals surface area contributed by atoms with Gasteiger partial charge in [-0.2, -0.15) is 5.10 Å². The van der Waals surface area contributed by atoms with E-state index < -0.39 is 0 Å². The van der Waals surface area contributed by atoms with Gasteiger partial charge in [0.1, 0.15) is 12.2 Å². The molecule has 0 bridgehead atoms. The molecule has 1 heterocycles. The van der Waals surface area contributed by atoms with E-state index in [0.717, 1.165) is 70.0 Å². The van der Waals surface area contributed by atoms with Gasteiger partial charge in [0, 0.05) is 37.9 Å². The minimum atomic E-state index is -0.119. The predicted molar refractivity (Wildman–Crippen MR) is 219 cm³/mol. The number of carbonyl (C=O) groups excluding carboxylic acids is 2. The van der Waals surface area contributed by atoms with Crippen LogP contribution in [0.25, 0.3) is 0 Å². The van der Waals surface area contributed by atoms with Crippen LogP contribution in [0.5, 0.6) is 0 Å². The molecule has 0 saturated carbocycles. The number of unbranched alkanes of at least 4 members (excludes halogenated alkanes) is 16. The largest absolute Gasteiger partial charge is 0.462 e. The van der Waals surface area contributed by atoms with Crippen molar-refractivity contribution in [2.75, 3.05) is 33.7 Å². The van der Waals surface area contributed by atoms with Crippen molar-refractivity contribution in [1.29, 1.82) is 0 Å². The van der Waals surface area contributed by atoms with Crippen molar-refractivity contribution < 1.29 is 19.1 Å². The molecule has 0 spiro atoms. The molecule has 0 aromatic carbocycles. The Hall–Kier alpha value is -1.93. The number of nitrogens with zero attached hydrogens (tertiary/aromatic N) is 4. The van der Waals surface area contributed by atoms with Crippen LogP contribution < -0.4 is 0 Å². The van der Waals surface area contributed by atoms with Gasteiger partial charge in [-0.1, -0.05) is 130 Å². The average molecular weight is 733 g/mol. The fourth-order valence-electron chi connectivity index (χ4n) is 6.86. The Morgan fingerprint density at radius 1 is 0.596 bits per heavy atom. The lowest BCUT2D eigenvalue weighted by molar-refractivity contribution is -0.150. The second-order valence-corrected chi connectivity index (χ2v) is 15.7. The minimum Gasteiger partial charge on any atom is -0.462 e. The fourth-order valence-corrected chi connectivity index (χ4v) is 6.86. The van der Waals surface area contributed by atoms with Crippen LogP contribution in [0.4, 0.5) is 0 Å². The maximum absolute atomic E-state index is 13.3. The van der Waals surface area contributed by atoms with E-state index >= 15 is 0 Å². The van der Waals surface area contributed by atoms with Crippen molar-refractivity contribution in [3.8, 4) is 0 Å². The van der Waals surface area contributed by atoms with Crippen molar-refractivity contribution in [1.82, 2.24) is 19.6 Å². The Kier molecular flexibility index (Phi) is 31.1. The molecule has 52 heavy (non-hydrogen) atoms. The van der Waals surface area contributed by atoms with Crippen molar-refractivity contribution in [2.24, 2.45) is 0 Å². The molecule has 0 aliphatic rings. The van der Waals surface area contributed by atoms with E-state index in [-0.39, 0.29) is 24.1 Å². The van der Waals surface area contributed by atoms with Gasteiger partial charge in [-0.25, -0.2) is 0 Å². The molecular weight excluding hydrogens is 649 g/mol. The zero-order valence-corrected chi connectivity index (χ0v) is 35.2. The maximum Gasteiger partial charge on any atom is 0.307 e. The lowest BCUT2D eigenvalue weighted by atomic mass is 10.0. The van der Waals surface area contributed by atoms with Crippen LogP contribution in [0, 0.1) is 0 Å². The van der Waals surface area contributed by atoms with E-state index in [2.05, 4.69) is 62.9 Å². The van der Waals surface area contributed by atoms with E-state index in [1.807, 2.05) is 10.9 Å². The van der Waals surface area contributed by atoms with Crippen LogP contribution in [-0.2, 0) is 32.2 Å². The second-order valence-electron chi connectivity index (χ2n) is 15.7. The van der Waals surface area contributed by atoms with Gasteiger partial charge in [0.25, 0.3) is 0 Å². The number of aromatic nitrogens is 2. The van der Waals surface area contributed by atoms with Crippen LogP contribution >= 0.6 is 0 Å².